The number of benzene rings is 2. The molecule has 3 amide bonds. The average molecular weight is 390 g/mol. The van der Waals surface area contributed by atoms with Crippen LogP contribution in [0.1, 0.15) is 24.0 Å². The van der Waals surface area contributed by atoms with E-state index in [1.807, 2.05) is 36.4 Å². The van der Waals surface area contributed by atoms with Crippen LogP contribution in [0.3, 0.4) is 0 Å². The van der Waals surface area contributed by atoms with Gasteiger partial charge in [0.05, 0.1) is 12.0 Å². The quantitative estimate of drug-likeness (QED) is 0.757. The molecule has 1 heterocycles. The number of hydrogen-bond acceptors (Lipinski definition) is 4. The molecule has 29 heavy (non-hydrogen) atoms. The molecule has 0 spiro atoms. The molecule has 0 radical (unpaired) electrons. The van der Waals surface area contributed by atoms with E-state index in [1.54, 1.807) is 29.2 Å². The van der Waals surface area contributed by atoms with Gasteiger partial charge in [-0.3, -0.25) is 14.4 Å². The zero-order valence-electron chi connectivity index (χ0n) is 15.9. The van der Waals surface area contributed by atoms with Gasteiger partial charge < -0.3 is 15.5 Å². The monoisotopic (exact) mass is 390 g/mol. The van der Waals surface area contributed by atoms with Crippen LogP contribution in [0.4, 0.5) is 5.69 Å². The summed E-state index contributed by atoms with van der Waals surface area (Å²) in [6.45, 7) is 1.11. The Bertz CT molecular complexity index is 937. The zero-order chi connectivity index (χ0) is 20.6. The molecule has 0 bridgehead atoms. The van der Waals surface area contributed by atoms with Gasteiger partial charge in [0, 0.05) is 31.7 Å². The van der Waals surface area contributed by atoms with Crippen molar-refractivity contribution in [3.05, 3.63) is 65.7 Å². The molecule has 7 heteroatoms. The average Bonchev–Trinajstić information content (AvgIpc) is 3.08. The van der Waals surface area contributed by atoms with Gasteiger partial charge in [-0.15, -0.1) is 0 Å². The second kappa shape index (κ2) is 9.51. The van der Waals surface area contributed by atoms with E-state index >= 15 is 0 Å². The fourth-order valence-corrected chi connectivity index (χ4v) is 3.29. The molecule has 1 aliphatic rings. The van der Waals surface area contributed by atoms with Gasteiger partial charge in [-0.05, 0) is 17.2 Å². The maximum absolute atomic E-state index is 12.6. The van der Waals surface area contributed by atoms with E-state index in [4.69, 9.17) is 5.26 Å². The van der Waals surface area contributed by atoms with Gasteiger partial charge in [-0.2, -0.15) is 5.26 Å². The summed E-state index contributed by atoms with van der Waals surface area (Å²) in [6.07, 6.45) is -0.0403. The van der Waals surface area contributed by atoms with E-state index in [0.29, 0.717) is 18.8 Å². The van der Waals surface area contributed by atoms with Crippen LogP contribution in [-0.2, 0) is 27.5 Å². The highest BCUT2D eigenvalue weighted by molar-refractivity contribution is 5.93. The van der Waals surface area contributed by atoms with Crippen molar-refractivity contribution in [1.29, 1.82) is 5.26 Å². The predicted molar refractivity (Wildman–Crippen MR) is 107 cm³/mol. The highest BCUT2D eigenvalue weighted by Gasteiger charge is 2.34. The minimum Gasteiger partial charge on any atom is -0.352 e. The Morgan fingerprint density at radius 1 is 1.10 bits per heavy atom. The first-order valence-electron chi connectivity index (χ1n) is 9.41. The minimum atomic E-state index is -0.399. The lowest BCUT2D eigenvalue weighted by Gasteiger charge is -2.17. The van der Waals surface area contributed by atoms with Crippen molar-refractivity contribution in [2.75, 3.05) is 11.9 Å². The van der Waals surface area contributed by atoms with E-state index in [-0.39, 0.29) is 31.2 Å². The fourth-order valence-electron chi connectivity index (χ4n) is 3.29. The molecule has 3 rings (SSSR count). The van der Waals surface area contributed by atoms with Gasteiger partial charge in [0.1, 0.15) is 6.42 Å². The molecule has 1 fully saturated rings. The Morgan fingerprint density at radius 2 is 1.83 bits per heavy atom. The summed E-state index contributed by atoms with van der Waals surface area (Å²) < 4.78 is 0. The molecule has 2 N–H and O–H groups in total. The van der Waals surface area contributed by atoms with Crippen LogP contribution in [-0.4, -0.2) is 29.2 Å². The third-order valence-corrected chi connectivity index (χ3v) is 4.79. The Kier molecular flexibility index (Phi) is 6.59. The Balaban J connectivity index is 1.56. The summed E-state index contributed by atoms with van der Waals surface area (Å²) in [5.74, 6) is -1.01. The maximum atomic E-state index is 12.6. The first-order valence-corrected chi connectivity index (χ1v) is 9.41. The van der Waals surface area contributed by atoms with E-state index < -0.39 is 11.8 Å². The van der Waals surface area contributed by atoms with E-state index in [0.717, 1.165) is 11.1 Å². The third-order valence-electron chi connectivity index (χ3n) is 4.79. The number of rotatable bonds is 7. The van der Waals surface area contributed by atoms with Gasteiger partial charge in [0.15, 0.2) is 0 Å². The second-order valence-corrected chi connectivity index (χ2v) is 6.92. The summed E-state index contributed by atoms with van der Waals surface area (Å²) in [6, 6.07) is 18.6. The smallest absolute Gasteiger partial charge is 0.238 e. The summed E-state index contributed by atoms with van der Waals surface area (Å²) in [5, 5.41) is 14.1. The number of nitrogens with zero attached hydrogens (tertiary/aromatic N) is 2. The number of carbonyl (C=O) groups is 3. The molecule has 0 saturated carbocycles. The zero-order valence-corrected chi connectivity index (χ0v) is 15.9. The largest absolute Gasteiger partial charge is 0.352 e. The lowest BCUT2D eigenvalue weighted by Crippen LogP contribution is -2.32. The topological polar surface area (TPSA) is 102 Å². The lowest BCUT2D eigenvalue weighted by atomic mass is 10.1. The van der Waals surface area contributed by atoms with Gasteiger partial charge in [-0.1, -0.05) is 48.5 Å². The number of nitriles is 1. The van der Waals surface area contributed by atoms with Crippen molar-refractivity contribution in [2.45, 2.75) is 25.9 Å². The molecule has 1 aliphatic heterocycles. The standard InChI is InChI=1S/C22H22N4O3/c23-11-10-20(27)25-19-9-5-4-8-17(19)13-24-22(29)18-12-21(28)26(15-18)14-16-6-2-1-3-7-16/h1-9,18H,10,12-15H2,(H,24,29)(H,25,27). The molecular weight excluding hydrogens is 368 g/mol. The molecule has 148 valence electrons. The summed E-state index contributed by atoms with van der Waals surface area (Å²) in [4.78, 5) is 38.2. The van der Waals surface area contributed by atoms with Gasteiger partial charge >= 0.3 is 0 Å². The van der Waals surface area contributed by atoms with Crippen molar-refractivity contribution < 1.29 is 14.4 Å². The first kappa shape index (κ1) is 20.1. The highest BCUT2D eigenvalue weighted by Crippen LogP contribution is 2.21. The SMILES string of the molecule is N#CCC(=O)Nc1ccccc1CNC(=O)C1CC(=O)N(Cc2ccccc2)C1. The van der Waals surface area contributed by atoms with Crippen LogP contribution in [0.2, 0.25) is 0 Å². The van der Waals surface area contributed by atoms with Gasteiger partial charge in [0.25, 0.3) is 0 Å². The van der Waals surface area contributed by atoms with Gasteiger partial charge in [0.2, 0.25) is 17.7 Å². The molecule has 1 atom stereocenters. The molecule has 2 aromatic carbocycles. The Hall–Kier alpha value is -3.66. The third kappa shape index (κ3) is 5.42. The first-order chi connectivity index (χ1) is 14.1. The van der Waals surface area contributed by atoms with Crippen molar-refractivity contribution >= 4 is 23.4 Å². The molecule has 7 nitrogen and oxygen atoms in total. The number of anilines is 1. The van der Waals surface area contributed by atoms with Crippen molar-refractivity contribution in [3.8, 4) is 6.07 Å². The highest BCUT2D eigenvalue weighted by atomic mass is 16.2. The van der Waals surface area contributed by atoms with Crippen molar-refractivity contribution in [1.82, 2.24) is 10.2 Å². The van der Waals surface area contributed by atoms with Crippen LogP contribution >= 0.6 is 0 Å². The summed E-state index contributed by atoms with van der Waals surface area (Å²) in [7, 11) is 0. The van der Waals surface area contributed by atoms with E-state index in [9.17, 15) is 14.4 Å². The number of hydrogen-bond donors (Lipinski definition) is 2. The molecule has 1 saturated heterocycles. The lowest BCUT2D eigenvalue weighted by molar-refractivity contribution is -0.129. The molecule has 0 aliphatic carbocycles. The summed E-state index contributed by atoms with van der Waals surface area (Å²) in [5.41, 5.74) is 2.32. The Morgan fingerprint density at radius 3 is 2.59 bits per heavy atom. The number of nitrogens with one attached hydrogen (secondary N) is 2. The second-order valence-electron chi connectivity index (χ2n) is 6.92. The van der Waals surface area contributed by atoms with E-state index in [2.05, 4.69) is 10.6 Å². The molecule has 1 unspecified atom stereocenters. The molecule has 2 aromatic rings. The van der Waals surface area contributed by atoms with E-state index in [1.165, 1.54) is 0 Å². The normalized spacial score (nSPS) is 15.6. The fraction of sp³-hybridized carbons (Fsp3) is 0.273. The maximum Gasteiger partial charge on any atom is 0.238 e. The van der Waals surface area contributed by atoms with Crippen LogP contribution in [0, 0.1) is 17.2 Å². The van der Waals surface area contributed by atoms with Crippen LogP contribution < -0.4 is 10.6 Å². The minimum absolute atomic E-state index is 0.0295. The Labute approximate surface area is 169 Å². The van der Waals surface area contributed by atoms with Crippen LogP contribution in [0.15, 0.2) is 54.6 Å². The van der Waals surface area contributed by atoms with Crippen molar-refractivity contribution in [2.24, 2.45) is 5.92 Å². The van der Waals surface area contributed by atoms with Crippen LogP contribution in [0.5, 0.6) is 0 Å². The van der Waals surface area contributed by atoms with Gasteiger partial charge in [-0.25, -0.2) is 0 Å². The number of amides is 3. The predicted octanol–water partition coefficient (Wildman–Crippen LogP) is 2.20. The molecule has 0 aromatic heterocycles. The summed E-state index contributed by atoms with van der Waals surface area (Å²) >= 11 is 0. The number of carbonyl (C=O) groups excluding carboxylic acids is 3. The van der Waals surface area contributed by atoms with Crippen LogP contribution in [0.25, 0.3) is 0 Å². The number of likely N-dealkylation sites (tertiary alicyclic amines) is 1. The van der Waals surface area contributed by atoms with Crippen molar-refractivity contribution in [3.63, 3.8) is 0 Å². The molecular formula is C22H22N4O3. The number of para-hydroxylation sites is 1.